The van der Waals surface area contributed by atoms with Crippen LogP contribution >= 0.6 is 0 Å². The van der Waals surface area contributed by atoms with Gasteiger partial charge in [-0.05, 0) is 94.6 Å². The Balaban J connectivity index is 1.41. The van der Waals surface area contributed by atoms with Crippen molar-refractivity contribution in [2.75, 3.05) is 42.1 Å². The van der Waals surface area contributed by atoms with Crippen LogP contribution in [0.1, 0.15) is 65.8 Å². The second kappa shape index (κ2) is 11.9. The highest BCUT2D eigenvalue weighted by atomic mass is 32.2. The maximum atomic E-state index is 14.9. The highest BCUT2D eigenvalue weighted by molar-refractivity contribution is 7.92. The van der Waals surface area contributed by atoms with E-state index < -0.39 is 39.7 Å². The van der Waals surface area contributed by atoms with Gasteiger partial charge < -0.3 is 15.1 Å². The number of anilines is 2. The van der Waals surface area contributed by atoms with Crippen LogP contribution in [0, 0.1) is 12.7 Å². The summed E-state index contributed by atoms with van der Waals surface area (Å²) in [6, 6.07) is 7.55. The standard InChI is InChI=1S/C30H35F4N5O3S/c1-18-14-22(24(31)16-26(18)37-43(3,41)42)19(2)35-29(40)20-6-7-25-23(15-20)27(17-28(36-25)30(32,33)34)39-12-8-21(9-13-39)38-10-4-5-11-38/h6-7,14-17,19,21,37H,4-5,8-13H2,1-3H3,(H,35,40)/t19-/m1/s1. The number of halogens is 4. The number of pyridine rings is 1. The molecule has 2 aliphatic rings. The normalized spacial score (nSPS) is 17.8. The van der Waals surface area contributed by atoms with E-state index in [2.05, 4.69) is 19.9 Å². The molecule has 2 fully saturated rings. The van der Waals surface area contributed by atoms with Crippen LogP contribution < -0.4 is 14.9 Å². The first-order valence-electron chi connectivity index (χ1n) is 14.3. The molecule has 8 nitrogen and oxygen atoms in total. The van der Waals surface area contributed by atoms with Gasteiger partial charge in [0.25, 0.3) is 5.91 Å². The molecule has 2 aliphatic heterocycles. The first-order chi connectivity index (χ1) is 20.2. The molecule has 2 aromatic carbocycles. The van der Waals surface area contributed by atoms with E-state index in [1.807, 2.05) is 4.90 Å². The van der Waals surface area contributed by atoms with Crippen LogP contribution in [-0.4, -0.2) is 62.7 Å². The molecule has 0 unspecified atom stereocenters. The first kappa shape index (κ1) is 31.0. The molecule has 43 heavy (non-hydrogen) atoms. The van der Waals surface area contributed by atoms with Gasteiger partial charge in [-0.1, -0.05) is 0 Å². The summed E-state index contributed by atoms with van der Waals surface area (Å²) in [7, 11) is -3.61. The highest BCUT2D eigenvalue weighted by Crippen LogP contribution is 2.37. The summed E-state index contributed by atoms with van der Waals surface area (Å²) in [5.74, 6) is -1.24. The minimum Gasteiger partial charge on any atom is -0.371 e. The number of nitrogens with zero attached hydrogens (tertiary/aromatic N) is 3. The van der Waals surface area contributed by atoms with Gasteiger partial charge in [-0.15, -0.1) is 0 Å². The summed E-state index contributed by atoms with van der Waals surface area (Å²) in [6.07, 6.45) is 0.360. The fourth-order valence-electron chi connectivity index (χ4n) is 6.04. The molecule has 2 N–H and O–H groups in total. The van der Waals surface area contributed by atoms with E-state index in [0.717, 1.165) is 44.3 Å². The number of aryl methyl sites for hydroxylation is 1. The summed E-state index contributed by atoms with van der Waals surface area (Å²) in [6.45, 7) is 6.51. The lowest BCUT2D eigenvalue weighted by molar-refractivity contribution is -0.140. The molecule has 3 aromatic rings. The van der Waals surface area contributed by atoms with E-state index in [-0.39, 0.29) is 22.3 Å². The first-order valence-corrected chi connectivity index (χ1v) is 16.2. The van der Waals surface area contributed by atoms with Gasteiger partial charge in [-0.3, -0.25) is 9.52 Å². The number of fused-ring (bicyclic) bond motifs is 1. The molecule has 5 rings (SSSR count). The van der Waals surface area contributed by atoms with Gasteiger partial charge in [0.05, 0.1) is 23.5 Å². The number of alkyl halides is 3. The summed E-state index contributed by atoms with van der Waals surface area (Å²) >= 11 is 0. The van der Waals surface area contributed by atoms with Crippen molar-refractivity contribution in [1.82, 2.24) is 15.2 Å². The maximum Gasteiger partial charge on any atom is 0.433 e. The Morgan fingerprint density at radius 2 is 1.72 bits per heavy atom. The lowest BCUT2D eigenvalue weighted by Crippen LogP contribution is -2.44. The average Bonchev–Trinajstić information content (AvgIpc) is 3.48. The van der Waals surface area contributed by atoms with Crippen molar-refractivity contribution in [3.05, 3.63) is 64.6 Å². The number of carbonyl (C=O) groups is 1. The second-order valence-corrected chi connectivity index (χ2v) is 13.2. The zero-order chi connectivity index (χ0) is 31.1. The van der Waals surface area contributed by atoms with Crippen LogP contribution in [0.4, 0.5) is 28.9 Å². The SMILES string of the molecule is Cc1cc([C@@H](C)NC(=O)c2ccc3nc(C(F)(F)F)cc(N4CCC(N5CCCC5)CC4)c3c2)c(F)cc1NS(C)(=O)=O. The largest absolute Gasteiger partial charge is 0.433 e. The number of hydrogen-bond donors (Lipinski definition) is 2. The molecule has 2 saturated heterocycles. The minimum atomic E-state index is -4.63. The number of amides is 1. The van der Waals surface area contributed by atoms with Gasteiger partial charge in [0.15, 0.2) is 0 Å². The van der Waals surface area contributed by atoms with E-state index in [1.54, 1.807) is 13.8 Å². The Labute approximate surface area is 248 Å². The van der Waals surface area contributed by atoms with Crippen molar-refractivity contribution in [3.63, 3.8) is 0 Å². The van der Waals surface area contributed by atoms with Crippen molar-refractivity contribution in [3.8, 4) is 0 Å². The van der Waals surface area contributed by atoms with Crippen molar-refractivity contribution in [2.24, 2.45) is 0 Å². The monoisotopic (exact) mass is 621 g/mol. The van der Waals surface area contributed by atoms with Crippen LogP contribution in [0.25, 0.3) is 10.9 Å². The van der Waals surface area contributed by atoms with Crippen LogP contribution in [-0.2, 0) is 16.2 Å². The van der Waals surface area contributed by atoms with Gasteiger partial charge >= 0.3 is 6.18 Å². The summed E-state index contributed by atoms with van der Waals surface area (Å²) in [5.41, 5.74) is 0.451. The van der Waals surface area contributed by atoms with E-state index in [1.165, 1.54) is 37.1 Å². The van der Waals surface area contributed by atoms with Gasteiger partial charge in [-0.2, -0.15) is 13.2 Å². The molecule has 0 radical (unpaired) electrons. The lowest BCUT2D eigenvalue weighted by atomic mass is 10.0. The van der Waals surface area contributed by atoms with E-state index >= 15 is 0 Å². The summed E-state index contributed by atoms with van der Waals surface area (Å²) in [4.78, 5) is 21.5. The fraction of sp³-hybridized carbons (Fsp3) is 0.467. The smallest absolute Gasteiger partial charge is 0.371 e. The van der Waals surface area contributed by atoms with Gasteiger partial charge in [0.1, 0.15) is 11.5 Å². The third-order valence-electron chi connectivity index (χ3n) is 8.25. The van der Waals surface area contributed by atoms with Crippen LogP contribution in [0.15, 0.2) is 36.4 Å². The summed E-state index contributed by atoms with van der Waals surface area (Å²) in [5, 5.41) is 3.18. The third-order valence-corrected chi connectivity index (χ3v) is 8.85. The molecule has 0 bridgehead atoms. The lowest BCUT2D eigenvalue weighted by Gasteiger charge is -2.38. The predicted octanol–water partition coefficient (Wildman–Crippen LogP) is 5.63. The number of benzene rings is 2. The van der Waals surface area contributed by atoms with Crippen LogP contribution in [0.5, 0.6) is 0 Å². The zero-order valence-corrected chi connectivity index (χ0v) is 25.1. The molecule has 1 amide bonds. The zero-order valence-electron chi connectivity index (χ0n) is 24.3. The van der Waals surface area contributed by atoms with Gasteiger partial charge in [0.2, 0.25) is 10.0 Å². The molecular formula is C30H35F4N5O3S. The number of hydrogen-bond acceptors (Lipinski definition) is 6. The molecule has 232 valence electrons. The van der Waals surface area contributed by atoms with Crippen LogP contribution in [0.2, 0.25) is 0 Å². The minimum absolute atomic E-state index is 0.0968. The molecule has 0 saturated carbocycles. The third kappa shape index (κ3) is 7.04. The Hall–Kier alpha value is -3.45. The Kier molecular flexibility index (Phi) is 8.59. The van der Waals surface area contributed by atoms with Gasteiger partial charge in [-0.25, -0.2) is 17.8 Å². The molecule has 1 atom stereocenters. The quantitative estimate of drug-likeness (QED) is 0.333. The van der Waals surface area contributed by atoms with Crippen molar-refractivity contribution in [1.29, 1.82) is 0 Å². The molecule has 3 heterocycles. The van der Waals surface area contributed by atoms with E-state index in [0.29, 0.717) is 35.8 Å². The highest BCUT2D eigenvalue weighted by Gasteiger charge is 2.35. The Morgan fingerprint density at radius 1 is 1.05 bits per heavy atom. The molecule has 0 aliphatic carbocycles. The number of nitrogens with one attached hydrogen (secondary N) is 2. The number of piperidine rings is 1. The maximum absolute atomic E-state index is 14.9. The Morgan fingerprint density at radius 3 is 2.35 bits per heavy atom. The fourth-order valence-corrected chi connectivity index (χ4v) is 6.66. The topological polar surface area (TPSA) is 94.6 Å². The molecular weight excluding hydrogens is 586 g/mol. The number of sulfonamides is 1. The number of likely N-dealkylation sites (tertiary alicyclic amines) is 1. The van der Waals surface area contributed by atoms with Crippen molar-refractivity contribution < 1.29 is 30.8 Å². The molecule has 1 aromatic heterocycles. The predicted molar refractivity (Wildman–Crippen MR) is 158 cm³/mol. The van der Waals surface area contributed by atoms with Crippen LogP contribution in [0.3, 0.4) is 0 Å². The van der Waals surface area contributed by atoms with Crippen molar-refractivity contribution >= 4 is 38.2 Å². The number of carbonyl (C=O) groups excluding carboxylic acids is 1. The summed E-state index contributed by atoms with van der Waals surface area (Å²) < 4.78 is 81.8. The number of aromatic nitrogens is 1. The van der Waals surface area contributed by atoms with E-state index in [4.69, 9.17) is 0 Å². The average molecular weight is 622 g/mol. The molecule has 0 spiro atoms. The molecule has 13 heteroatoms. The van der Waals surface area contributed by atoms with Gasteiger partial charge in [0, 0.05) is 41.3 Å². The number of rotatable bonds is 7. The second-order valence-electron chi connectivity index (χ2n) is 11.5. The van der Waals surface area contributed by atoms with E-state index in [9.17, 15) is 30.8 Å². The Bertz CT molecular complexity index is 1630. The van der Waals surface area contributed by atoms with Crippen molar-refractivity contribution in [2.45, 2.75) is 57.8 Å².